The van der Waals surface area contributed by atoms with Gasteiger partial charge in [-0.05, 0) is 18.8 Å². The Morgan fingerprint density at radius 2 is 1.91 bits per heavy atom. The molecule has 0 aromatic rings. The van der Waals surface area contributed by atoms with Gasteiger partial charge in [0.05, 0.1) is 6.07 Å². The molecule has 0 aromatic carbocycles. The molecule has 3 heteroatoms. The summed E-state index contributed by atoms with van der Waals surface area (Å²) in [6.45, 7) is 0. The zero-order chi connectivity index (χ0) is 8.06. The standard InChI is InChI=1S/C8H9F2N/c9-8(10)6-3-5(1-2-11)4-7(6)8/h5-7H,1,3-4H2/t5-,6-,7+. The number of nitrogens with zero attached hydrogens (tertiary/aromatic N) is 1. The van der Waals surface area contributed by atoms with Crippen LogP contribution in [0, 0.1) is 29.1 Å². The predicted octanol–water partition coefficient (Wildman–Crippen LogP) is 2.19. The summed E-state index contributed by atoms with van der Waals surface area (Å²) in [5, 5.41) is 8.32. The first kappa shape index (κ1) is 7.02. The molecule has 2 saturated carbocycles. The van der Waals surface area contributed by atoms with E-state index in [1.54, 1.807) is 0 Å². The molecule has 0 radical (unpaired) electrons. The topological polar surface area (TPSA) is 23.8 Å². The summed E-state index contributed by atoms with van der Waals surface area (Å²) in [7, 11) is 0. The third kappa shape index (κ3) is 0.852. The number of hydrogen-bond donors (Lipinski definition) is 0. The Balaban J connectivity index is 1.91. The number of hydrogen-bond acceptors (Lipinski definition) is 1. The van der Waals surface area contributed by atoms with Gasteiger partial charge < -0.3 is 0 Å². The summed E-state index contributed by atoms with van der Waals surface area (Å²) >= 11 is 0. The minimum absolute atomic E-state index is 0.259. The Kier molecular flexibility index (Phi) is 1.24. The van der Waals surface area contributed by atoms with Gasteiger partial charge in [-0.3, -0.25) is 0 Å². The SMILES string of the molecule is N#CC[C@@H]1C[C@@H]2[C@H](C1)C2(F)F. The zero-order valence-electron chi connectivity index (χ0n) is 6.06. The van der Waals surface area contributed by atoms with Crippen molar-refractivity contribution >= 4 is 0 Å². The van der Waals surface area contributed by atoms with E-state index in [1.807, 2.05) is 6.07 Å². The molecule has 1 nitrogen and oxygen atoms in total. The maximum atomic E-state index is 12.6. The molecular weight excluding hydrogens is 148 g/mol. The lowest BCUT2D eigenvalue weighted by Crippen LogP contribution is -2.06. The first-order valence-corrected chi connectivity index (χ1v) is 3.91. The van der Waals surface area contributed by atoms with Gasteiger partial charge in [-0.1, -0.05) is 0 Å². The first-order valence-electron chi connectivity index (χ1n) is 3.91. The van der Waals surface area contributed by atoms with E-state index in [-0.39, 0.29) is 17.8 Å². The fourth-order valence-corrected chi connectivity index (χ4v) is 2.21. The maximum absolute atomic E-state index is 12.6. The number of alkyl halides is 2. The van der Waals surface area contributed by atoms with Crippen molar-refractivity contribution in [3.63, 3.8) is 0 Å². The van der Waals surface area contributed by atoms with Crippen LogP contribution in [0.4, 0.5) is 8.78 Å². The van der Waals surface area contributed by atoms with Crippen molar-refractivity contribution in [1.82, 2.24) is 0 Å². The molecule has 11 heavy (non-hydrogen) atoms. The summed E-state index contributed by atoms with van der Waals surface area (Å²) in [4.78, 5) is 0. The van der Waals surface area contributed by atoms with Crippen molar-refractivity contribution in [2.75, 3.05) is 0 Å². The highest BCUT2D eigenvalue weighted by Crippen LogP contribution is 2.66. The lowest BCUT2D eigenvalue weighted by Gasteiger charge is -2.08. The largest absolute Gasteiger partial charge is 0.254 e. The molecular formula is C8H9F2N. The van der Waals surface area contributed by atoms with E-state index in [1.165, 1.54) is 0 Å². The van der Waals surface area contributed by atoms with Gasteiger partial charge in [-0.2, -0.15) is 5.26 Å². The molecule has 0 aromatic heterocycles. The van der Waals surface area contributed by atoms with Gasteiger partial charge >= 0.3 is 0 Å². The first-order chi connectivity index (χ1) is 5.16. The monoisotopic (exact) mass is 157 g/mol. The second-order valence-electron chi connectivity index (χ2n) is 3.59. The fourth-order valence-electron chi connectivity index (χ4n) is 2.21. The molecule has 2 aliphatic carbocycles. The normalized spacial score (nSPS) is 44.6. The fraction of sp³-hybridized carbons (Fsp3) is 0.875. The minimum atomic E-state index is -2.37. The minimum Gasteiger partial charge on any atom is -0.206 e. The third-order valence-electron chi connectivity index (χ3n) is 2.92. The number of rotatable bonds is 1. The summed E-state index contributed by atoms with van der Waals surface area (Å²) < 4.78 is 25.1. The van der Waals surface area contributed by atoms with E-state index in [0.29, 0.717) is 19.3 Å². The van der Waals surface area contributed by atoms with E-state index >= 15 is 0 Å². The zero-order valence-corrected chi connectivity index (χ0v) is 6.06. The van der Waals surface area contributed by atoms with Crippen LogP contribution in [-0.2, 0) is 0 Å². The lowest BCUT2D eigenvalue weighted by molar-refractivity contribution is 0.0642. The summed E-state index contributed by atoms with van der Waals surface area (Å²) in [5.41, 5.74) is 0. The second-order valence-corrected chi connectivity index (χ2v) is 3.59. The van der Waals surface area contributed by atoms with Crippen LogP contribution < -0.4 is 0 Å². The van der Waals surface area contributed by atoms with Gasteiger partial charge in [-0.25, -0.2) is 8.78 Å². The average molecular weight is 157 g/mol. The molecule has 2 fully saturated rings. The Morgan fingerprint density at radius 3 is 2.36 bits per heavy atom. The van der Waals surface area contributed by atoms with Gasteiger partial charge in [0.1, 0.15) is 0 Å². The van der Waals surface area contributed by atoms with Gasteiger partial charge in [-0.15, -0.1) is 0 Å². The lowest BCUT2D eigenvalue weighted by atomic mass is 10.00. The van der Waals surface area contributed by atoms with E-state index in [0.717, 1.165) is 0 Å². The highest BCUT2D eigenvalue weighted by atomic mass is 19.3. The summed E-state index contributed by atoms with van der Waals surface area (Å²) in [6.07, 6.45) is 1.61. The molecule has 0 amide bonds. The number of fused-ring (bicyclic) bond motifs is 1. The van der Waals surface area contributed by atoms with Crippen LogP contribution in [0.5, 0.6) is 0 Å². The smallest absolute Gasteiger partial charge is 0.206 e. The van der Waals surface area contributed by atoms with Crippen LogP contribution in [0.1, 0.15) is 19.3 Å². The molecule has 3 atom stereocenters. The summed E-state index contributed by atoms with van der Waals surface area (Å²) in [6, 6.07) is 2.03. The third-order valence-corrected chi connectivity index (χ3v) is 2.92. The van der Waals surface area contributed by atoms with E-state index in [2.05, 4.69) is 0 Å². The molecule has 0 bridgehead atoms. The molecule has 0 spiro atoms. The molecule has 0 aliphatic heterocycles. The van der Waals surface area contributed by atoms with Crippen LogP contribution in [0.15, 0.2) is 0 Å². The van der Waals surface area contributed by atoms with Crippen molar-refractivity contribution in [1.29, 1.82) is 5.26 Å². The Labute approximate surface area is 64.0 Å². The van der Waals surface area contributed by atoms with E-state index in [9.17, 15) is 8.78 Å². The Bertz CT molecular complexity index is 205. The molecule has 0 saturated heterocycles. The van der Waals surface area contributed by atoms with Crippen molar-refractivity contribution < 1.29 is 8.78 Å². The van der Waals surface area contributed by atoms with Crippen LogP contribution in [0.2, 0.25) is 0 Å². The highest BCUT2D eigenvalue weighted by Gasteiger charge is 2.71. The second kappa shape index (κ2) is 1.94. The van der Waals surface area contributed by atoms with Crippen LogP contribution in [0.3, 0.4) is 0 Å². The molecule has 0 unspecified atom stereocenters. The van der Waals surface area contributed by atoms with Gasteiger partial charge in [0.15, 0.2) is 0 Å². The predicted molar refractivity (Wildman–Crippen MR) is 34.9 cm³/mol. The molecule has 2 aliphatic rings. The van der Waals surface area contributed by atoms with Crippen molar-refractivity contribution in [3.8, 4) is 6.07 Å². The quantitative estimate of drug-likeness (QED) is 0.572. The number of halogens is 2. The van der Waals surface area contributed by atoms with Gasteiger partial charge in [0, 0.05) is 18.3 Å². The Morgan fingerprint density at radius 1 is 1.36 bits per heavy atom. The van der Waals surface area contributed by atoms with Gasteiger partial charge in [0.2, 0.25) is 0 Å². The van der Waals surface area contributed by atoms with Gasteiger partial charge in [0.25, 0.3) is 5.92 Å². The van der Waals surface area contributed by atoms with Crippen molar-refractivity contribution in [3.05, 3.63) is 0 Å². The van der Waals surface area contributed by atoms with Crippen molar-refractivity contribution in [2.45, 2.75) is 25.2 Å². The van der Waals surface area contributed by atoms with E-state index < -0.39 is 5.92 Å². The molecule has 0 N–H and O–H groups in total. The highest BCUT2D eigenvalue weighted by molar-refractivity contribution is 5.11. The maximum Gasteiger partial charge on any atom is 0.254 e. The van der Waals surface area contributed by atoms with Crippen LogP contribution in [0.25, 0.3) is 0 Å². The molecule has 0 heterocycles. The molecule has 2 rings (SSSR count). The average Bonchev–Trinajstić information content (AvgIpc) is 2.37. The Hall–Kier alpha value is -0.650. The molecule has 60 valence electrons. The van der Waals surface area contributed by atoms with Crippen LogP contribution >= 0.6 is 0 Å². The van der Waals surface area contributed by atoms with Crippen LogP contribution in [-0.4, -0.2) is 5.92 Å². The van der Waals surface area contributed by atoms with E-state index in [4.69, 9.17) is 5.26 Å². The summed E-state index contributed by atoms with van der Waals surface area (Å²) in [5.74, 6) is -2.86. The number of nitriles is 1. The van der Waals surface area contributed by atoms with Crippen molar-refractivity contribution in [2.24, 2.45) is 17.8 Å².